The van der Waals surface area contributed by atoms with Gasteiger partial charge in [-0.15, -0.1) is 0 Å². The summed E-state index contributed by atoms with van der Waals surface area (Å²) in [5.74, 6) is -0.793. The monoisotopic (exact) mass is 355 g/mol. The number of nitrogens with zero attached hydrogens (tertiary/aromatic N) is 3. The first-order chi connectivity index (χ1) is 12.4. The second-order valence-electron chi connectivity index (χ2n) is 6.08. The fraction of sp³-hybridized carbons (Fsp3) is 0.333. The third-order valence-corrected chi connectivity index (χ3v) is 4.42. The van der Waals surface area contributed by atoms with Gasteiger partial charge in [0.15, 0.2) is 5.65 Å². The standard InChI is InChI=1S/C18H21N5O3/c1-6-13-14(18(25)26-5)9(2)15(21-13)17(24)20-11-7-12-10(3)22-23(4)16(12)19-8-11/h7-8,21H,6H2,1-5H3,(H,20,24). The smallest absolute Gasteiger partial charge is 0.339 e. The highest BCUT2D eigenvalue weighted by molar-refractivity contribution is 6.07. The number of hydrogen-bond donors (Lipinski definition) is 2. The molecule has 0 unspecified atom stereocenters. The van der Waals surface area contributed by atoms with E-state index < -0.39 is 5.97 Å². The molecule has 0 radical (unpaired) electrons. The maximum absolute atomic E-state index is 12.7. The van der Waals surface area contributed by atoms with Crippen molar-refractivity contribution in [2.75, 3.05) is 12.4 Å². The van der Waals surface area contributed by atoms with Crippen molar-refractivity contribution >= 4 is 28.6 Å². The number of methoxy groups -OCH3 is 1. The van der Waals surface area contributed by atoms with Gasteiger partial charge in [-0.3, -0.25) is 9.48 Å². The van der Waals surface area contributed by atoms with E-state index in [-0.39, 0.29) is 5.91 Å². The molecule has 0 fully saturated rings. The Morgan fingerprint density at radius 2 is 2.08 bits per heavy atom. The summed E-state index contributed by atoms with van der Waals surface area (Å²) in [5.41, 5.74) is 4.14. The molecule has 8 heteroatoms. The van der Waals surface area contributed by atoms with Crippen LogP contribution in [0.3, 0.4) is 0 Å². The van der Waals surface area contributed by atoms with Crippen molar-refractivity contribution in [1.82, 2.24) is 19.7 Å². The average Bonchev–Trinajstić information content (AvgIpc) is 3.10. The number of nitrogens with one attached hydrogen (secondary N) is 2. The number of amides is 1. The normalized spacial score (nSPS) is 11.0. The topological polar surface area (TPSA) is 102 Å². The molecule has 0 aliphatic carbocycles. The highest BCUT2D eigenvalue weighted by Crippen LogP contribution is 2.23. The Morgan fingerprint density at radius 3 is 2.73 bits per heavy atom. The number of carbonyl (C=O) groups is 2. The van der Waals surface area contributed by atoms with E-state index in [1.165, 1.54) is 7.11 Å². The molecule has 26 heavy (non-hydrogen) atoms. The number of esters is 1. The molecule has 3 aromatic heterocycles. The molecule has 0 spiro atoms. The second-order valence-corrected chi connectivity index (χ2v) is 6.08. The number of anilines is 1. The Hall–Kier alpha value is -3.16. The van der Waals surface area contributed by atoms with Crippen molar-refractivity contribution in [3.8, 4) is 0 Å². The molecule has 0 bridgehead atoms. The van der Waals surface area contributed by atoms with Crippen LogP contribution in [-0.2, 0) is 18.2 Å². The van der Waals surface area contributed by atoms with E-state index >= 15 is 0 Å². The quantitative estimate of drug-likeness (QED) is 0.700. The summed E-state index contributed by atoms with van der Waals surface area (Å²) in [6.07, 6.45) is 2.17. The van der Waals surface area contributed by atoms with Crippen LogP contribution in [0.5, 0.6) is 0 Å². The minimum atomic E-state index is -0.455. The Labute approximate surface area is 150 Å². The van der Waals surface area contributed by atoms with Crippen LogP contribution in [0.1, 0.15) is 44.7 Å². The van der Waals surface area contributed by atoms with Crippen LogP contribution >= 0.6 is 0 Å². The number of rotatable bonds is 4. The number of carbonyl (C=O) groups excluding carboxylic acids is 2. The lowest BCUT2D eigenvalue weighted by molar-refractivity contribution is 0.0599. The summed E-state index contributed by atoms with van der Waals surface area (Å²) in [6.45, 7) is 5.52. The fourth-order valence-electron chi connectivity index (χ4n) is 3.10. The largest absolute Gasteiger partial charge is 0.465 e. The molecule has 0 saturated heterocycles. The van der Waals surface area contributed by atoms with Crippen molar-refractivity contribution in [2.45, 2.75) is 27.2 Å². The predicted molar refractivity (Wildman–Crippen MR) is 97.4 cm³/mol. The predicted octanol–water partition coefficient (Wildman–Crippen LogP) is 2.51. The van der Waals surface area contributed by atoms with E-state index in [1.54, 1.807) is 17.8 Å². The number of fused-ring (bicyclic) bond motifs is 1. The summed E-state index contributed by atoms with van der Waals surface area (Å²) in [4.78, 5) is 32.1. The number of hydrogen-bond acceptors (Lipinski definition) is 5. The maximum Gasteiger partial charge on any atom is 0.339 e. The van der Waals surface area contributed by atoms with Gasteiger partial charge < -0.3 is 15.0 Å². The number of H-pyrrole nitrogens is 1. The lowest BCUT2D eigenvalue weighted by Crippen LogP contribution is -2.14. The average molecular weight is 355 g/mol. The summed E-state index contributed by atoms with van der Waals surface area (Å²) in [7, 11) is 3.15. The van der Waals surface area contributed by atoms with Gasteiger partial charge in [0.1, 0.15) is 5.69 Å². The van der Waals surface area contributed by atoms with Crippen molar-refractivity contribution < 1.29 is 14.3 Å². The Kier molecular flexibility index (Phi) is 4.50. The third kappa shape index (κ3) is 2.83. The summed E-state index contributed by atoms with van der Waals surface area (Å²) < 4.78 is 6.52. The van der Waals surface area contributed by atoms with Gasteiger partial charge in [-0.2, -0.15) is 5.10 Å². The zero-order valence-electron chi connectivity index (χ0n) is 15.4. The number of aryl methyl sites for hydroxylation is 3. The summed E-state index contributed by atoms with van der Waals surface area (Å²) in [6, 6.07) is 1.84. The summed E-state index contributed by atoms with van der Waals surface area (Å²) in [5, 5.41) is 8.02. The minimum absolute atomic E-state index is 0.338. The molecule has 3 rings (SSSR count). The first-order valence-electron chi connectivity index (χ1n) is 8.27. The molecule has 0 saturated carbocycles. The lowest BCUT2D eigenvalue weighted by atomic mass is 10.1. The summed E-state index contributed by atoms with van der Waals surface area (Å²) >= 11 is 0. The third-order valence-electron chi connectivity index (χ3n) is 4.42. The molecule has 0 aliphatic heterocycles. The zero-order valence-corrected chi connectivity index (χ0v) is 15.4. The minimum Gasteiger partial charge on any atom is -0.465 e. The number of aromatic amines is 1. The molecular formula is C18H21N5O3. The molecule has 2 N–H and O–H groups in total. The molecule has 0 aliphatic rings. The SMILES string of the molecule is CCc1[nH]c(C(=O)Nc2cnc3c(c2)c(C)nn3C)c(C)c1C(=O)OC. The molecule has 1 amide bonds. The molecule has 8 nitrogen and oxygen atoms in total. The van der Waals surface area contributed by atoms with Gasteiger partial charge in [0.05, 0.1) is 30.3 Å². The Balaban J connectivity index is 1.94. The molecule has 0 aromatic carbocycles. The number of ether oxygens (including phenoxy) is 1. The molecule has 136 valence electrons. The first kappa shape index (κ1) is 17.7. The van der Waals surface area contributed by atoms with Crippen LogP contribution in [0.4, 0.5) is 5.69 Å². The van der Waals surface area contributed by atoms with Crippen molar-refractivity contribution in [3.63, 3.8) is 0 Å². The highest BCUT2D eigenvalue weighted by atomic mass is 16.5. The van der Waals surface area contributed by atoms with E-state index in [9.17, 15) is 9.59 Å². The van der Waals surface area contributed by atoms with Crippen molar-refractivity contribution in [3.05, 3.63) is 40.5 Å². The van der Waals surface area contributed by atoms with Crippen molar-refractivity contribution in [2.24, 2.45) is 7.05 Å². The van der Waals surface area contributed by atoms with Gasteiger partial charge in [-0.05, 0) is 31.9 Å². The highest BCUT2D eigenvalue weighted by Gasteiger charge is 2.23. The van der Waals surface area contributed by atoms with Gasteiger partial charge in [0.2, 0.25) is 0 Å². The van der Waals surface area contributed by atoms with Crippen LogP contribution in [0.2, 0.25) is 0 Å². The van der Waals surface area contributed by atoms with Crippen LogP contribution in [0, 0.1) is 13.8 Å². The Morgan fingerprint density at radius 1 is 1.35 bits per heavy atom. The second kappa shape index (κ2) is 6.62. The van der Waals surface area contributed by atoms with Crippen molar-refractivity contribution in [1.29, 1.82) is 0 Å². The van der Waals surface area contributed by atoms with E-state index in [1.807, 2.05) is 27.0 Å². The lowest BCUT2D eigenvalue weighted by Gasteiger charge is -2.05. The van der Waals surface area contributed by atoms with Crippen LogP contribution in [0.25, 0.3) is 11.0 Å². The Bertz CT molecular complexity index is 1020. The van der Waals surface area contributed by atoms with Gasteiger partial charge in [0, 0.05) is 18.1 Å². The van der Waals surface area contributed by atoms with E-state index in [2.05, 4.69) is 20.4 Å². The van der Waals surface area contributed by atoms with Gasteiger partial charge >= 0.3 is 5.97 Å². The van der Waals surface area contributed by atoms with E-state index in [0.717, 1.165) is 16.7 Å². The number of pyridine rings is 1. The number of aromatic nitrogens is 4. The van der Waals surface area contributed by atoms with Gasteiger partial charge in [0.25, 0.3) is 5.91 Å². The molecule has 3 heterocycles. The first-order valence-corrected chi connectivity index (χ1v) is 8.27. The molecule has 3 aromatic rings. The van der Waals surface area contributed by atoms with Crippen LogP contribution in [0.15, 0.2) is 12.3 Å². The fourth-order valence-corrected chi connectivity index (χ4v) is 3.10. The van der Waals surface area contributed by atoms with E-state index in [0.29, 0.717) is 34.6 Å². The molecule has 0 atom stereocenters. The van der Waals surface area contributed by atoms with Gasteiger partial charge in [-0.1, -0.05) is 6.92 Å². The zero-order chi connectivity index (χ0) is 19.0. The van der Waals surface area contributed by atoms with Crippen LogP contribution < -0.4 is 5.32 Å². The maximum atomic E-state index is 12.7. The van der Waals surface area contributed by atoms with Crippen LogP contribution in [-0.4, -0.2) is 38.7 Å². The molecular weight excluding hydrogens is 334 g/mol. The van der Waals surface area contributed by atoms with E-state index in [4.69, 9.17) is 4.74 Å². The van der Waals surface area contributed by atoms with Gasteiger partial charge in [-0.25, -0.2) is 9.78 Å².